The van der Waals surface area contributed by atoms with Gasteiger partial charge in [-0.1, -0.05) is 127 Å². The molecule has 0 saturated carbocycles. The fraction of sp³-hybridized carbons (Fsp3) is 0. The third-order valence-corrected chi connectivity index (χ3v) is 10.4. The van der Waals surface area contributed by atoms with Gasteiger partial charge < -0.3 is 8.98 Å². The molecular weight excluding hydrogens is 635 g/mol. The van der Waals surface area contributed by atoms with Crippen molar-refractivity contribution in [2.75, 3.05) is 0 Å². The Labute approximate surface area is 298 Å². The lowest BCUT2D eigenvalue weighted by molar-refractivity contribution is 0.666. The van der Waals surface area contributed by atoms with Crippen LogP contribution in [0.4, 0.5) is 0 Å². The summed E-state index contributed by atoms with van der Waals surface area (Å²) in [6, 6.07) is 61.9. The van der Waals surface area contributed by atoms with Crippen LogP contribution >= 0.6 is 0 Å². The molecule has 0 atom stereocenters. The Morgan fingerprint density at radius 1 is 0.385 bits per heavy atom. The molecule has 0 bridgehead atoms. The van der Waals surface area contributed by atoms with E-state index in [1.54, 1.807) is 0 Å². The number of aromatic nitrogens is 3. The molecule has 0 spiro atoms. The topological polar surface area (TPSA) is 43.9 Å². The number of hydrogen-bond donors (Lipinski definition) is 0. The third-order valence-electron chi connectivity index (χ3n) is 10.4. The zero-order valence-corrected chi connectivity index (χ0v) is 28.0. The van der Waals surface area contributed by atoms with Crippen molar-refractivity contribution < 1.29 is 4.42 Å². The van der Waals surface area contributed by atoms with E-state index in [1.165, 1.54) is 21.9 Å². The lowest BCUT2D eigenvalue weighted by Crippen LogP contribution is -1.94. The van der Waals surface area contributed by atoms with Crippen LogP contribution in [0.3, 0.4) is 0 Å². The molecule has 242 valence electrons. The molecule has 0 amide bonds. The predicted molar refractivity (Wildman–Crippen MR) is 215 cm³/mol. The van der Waals surface area contributed by atoms with Crippen molar-refractivity contribution in [2.45, 2.75) is 0 Å². The molecule has 4 heteroatoms. The number of benzene rings is 7. The normalized spacial score (nSPS) is 11.8. The Bertz CT molecular complexity index is 3180. The van der Waals surface area contributed by atoms with E-state index in [-0.39, 0.29) is 0 Å². The maximum Gasteiger partial charge on any atom is 0.159 e. The molecule has 52 heavy (non-hydrogen) atoms. The quantitative estimate of drug-likeness (QED) is 0.176. The molecule has 0 aliphatic rings. The maximum absolute atomic E-state index is 6.82. The molecule has 0 aliphatic heterocycles. The molecule has 4 heterocycles. The zero-order chi connectivity index (χ0) is 34.2. The minimum absolute atomic E-state index is 0.830. The first-order chi connectivity index (χ1) is 25.8. The van der Waals surface area contributed by atoms with E-state index >= 15 is 0 Å². The summed E-state index contributed by atoms with van der Waals surface area (Å²) in [6.45, 7) is 0. The average molecular weight is 664 g/mol. The zero-order valence-electron chi connectivity index (χ0n) is 28.0. The molecule has 0 radical (unpaired) electrons. The van der Waals surface area contributed by atoms with Gasteiger partial charge in [0.15, 0.2) is 5.58 Å². The standard InChI is InChI=1S/C48H29N3O/c1-3-10-30(11-4-1)34-23-27-43-39(28-34)36-14-7-8-16-42(36)51(43)44-17-9-15-38-37-24-20-35(29-45(37)52-48(38)44)41-26-22-33-19-18-32-21-25-40(31-12-5-2-6-13-31)49-46(32)47(33)50-41/h1-29H. The summed E-state index contributed by atoms with van der Waals surface area (Å²) >= 11 is 0. The average Bonchev–Trinajstić information content (AvgIpc) is 3.76. The predicted octanol–water partition coefficient (Wildman–Crippen LogP) is 12.8. The van der Waals surface area contributed by atoms with Gasteiger partial charge in [-0.25, -0.2) is 9.97 Å². The first-order valence-corrected chi connectivity index (χ1v) is 17.6. The highest BCUT2D eigenvalue weighted by Crippen LogP contribution is 2.40. The number of fused-ring (bicyclic) bond motifs is 9. The van der Waals surface area contributed by atoms with Crippen LogP contribution in [0.25, 0.3) is 105 Å². The first kappa shape index (κ1) is 28.8. The summed E-state index contributed by atoms with van der Waals surface area (Å²) in [6.07, 6.45) is 0. The Hall–Kier alpha value is -7.04. The van der Waals surface area contributed by atoms with Crippen LogP contribution in [-0.2, 0) is 0 Å². The van der Waals surface area contributed by atoms with Crippen molar-refractivity contribution in [3.8, 4) is 39.3 Å². The molecule has 0 N–H and O–H groups in total. The van der Waals surface area contributed by atoms with Crippen molar-refractivity contribution in [1.82, 2.24) is 14.5 Å². The smallest absolute Gasteiger partial charge is 0.159 e. The molecule has 0 saturated heterocycles. The largest absolute Gasteiger partial charge is 0.454 e. The van der Waals surface area contributed by atoms with E-state index in [4.69, 9.17) is 14.4 Å². The minimum atomic E-state index is 0.830. The molecule has 0 fully saturated rings. The maximum atomic E-state index is 6.82. The first-order valence-electron chi connectivity index (χ1n) is 17.6. The van der Waals surface area contributed by atoms with Gasteiger partial charge in [-0.15, -0.1) is 0 Å². The van der Waals surface area contributed by atoms with E-state index in [9.17, 15) is 0 Å². The van der Waals surface area contributed by atoms with Crippen molar-refractivity contribution in [3.63, 3.8) is 0 Å². The van der Waals surface area contributed by atoms with Crippen LogP contribution < -0.4 is 0 Å². The molecule has 11 aromatic rings. The van der Waals surface area contributed by atoms with Crippen LogP contribution in [0, 0.1) is 0 Å². The summed E-state index contributed by atoms with van der Waals surface area (Å²) in [5.74, 6) is 0. The lowest BCUT2D eigenvalue weighted by atomic mass is 10.0. The van der Waals surface area contributed by atoms with Crippen molar-refractivity contribution in [1.29, 1.82) is 0 Å². The Morgan fingerprint density at radius 2 is 1.00 bits per heavy atom. The highest BCUT2D eigenvalue weighted by atomic mass is 16.3. The minimum Gasteiger partial charge on any atom is -0.454 e. The van der Waals surface area contributed by atoms with Gasteiger partial charge in [0.1, 0.15) is 5.58 Å². The SMILES string of the molecule is c1ccc(-c2ccc3c(c2)c2ccccc2n3-c2cccc3c2oc2cc(-c4ccc5ccc6ccc(-c7ccccc7)nc6c5n4)ccc23)cc1. The number of hydrogen-bond acceptors (Lipinski definition) is 3. The van der Waals surface area contributed by atoms with Gasteiger partial charge in [0.05, 0.1) is 39.1 Å². The molecule has 4 nitrogen and oxygen atoms in total. The Kier molecular flexibility index (Phi) is 6.22. The van der Waals surface area contributed by atoms with E-state index in [2.05, 4.69) is 162 Å². The van der Waals surface area contributed by atoms with Gasteiger partial charge in [-0.3, -0.25) is 0 Å². The van der Waals surface area contributed by atoms with E-state index in [1.807, 2.05) is 18.2 Å². The van der Waals surface area contributed by atoms with Crippen molar-refractivity contribution in [3.05, 3.63) is 176 Å². The second-order valence-electron chi connectivity index (χ2n) is 13.4. The second kappa shape index (κ2) is 11.2. The van der Waals surface area contributed by atoms with E-state index < -0.39 is 0 Å². The Morgan fingerprint density at radius 3 is 1.77 bits per heavy atom. The van der Waals surface area contributed by atoms with Crippen LogP contribution in [-0.4, -0.2) is 14.5 Å². The number of para-hydroxylation sites is 2. The summed E-state index contributed by atoms with van der Waals surface area (Å²) < 4.78 is 9.17. The van der Waals surface area contributed by atoms with Crippen molar-refractivity contribution in [2.24, 2.45) is 0 Å². The highest BCUT2D eigenvalue weighted by molar-refractivity contribution is 6.14. The molecule has 0 aliphatic carbocycles. The van der Waals surface area contributed by atoms with Gasteiger partial charge in [0.25, 0.3) is 0 Å². The number of nitrogens with zero attached hydrogens (tertiary/aromatic N) is 3. The van der Waals surface area contributed by atoms with Gasteiger partial charge in [0.2, 0.25) is 0 Å². The van der Waals surface area contributed by atoms with Gasteiger partial charge in [-0.2, -0.15) is 0 Å². The van der Waals surface area contributed by atoms with E-state index in [0.717, 1.165) is 83.0 Å². The van der Waals surface area contributed by atoms with Crippen LogP contribution in [0.5, 0.6) is 0 Å². The summed E-state index contributed by atoms with van der Waals surface area (Å²) in [7, 11) is 0. The van der Waals surface area contributed by atoms with Gasteiger partial charge in [-0.05, 0) is 59.7 Å². The van der Waals surface area contributed by atoms with Crippen LogP contribution in [0.1, 0.15) is 0 Å². The highest BCUT2D eigenvalue weighted by Gasteiger charge is 2.19. The molecular formula is C48H29N3O. The Balaban J connectivity index is 1.06. The summed E-state index contributed by atoms with van der Waals surface area (Å²) in [5.41, 5.74) is 13.1. The van der Waals surface area contributed by atoms with Crippen LogP contribution in [0.15, 0.2) is 180 Å². The molecule has 0 unspecified atom stereocenters. The van der Waals surface area contributed by atoms with Gasteiger partial charge in [0, 0.05) is 43.4 Å². The third kappa shape index (κ3) is 4.41. The number of furan rings is 1. The van der Waals surface area contributed by atoms with Crippen LogP contribution in [0.2, 0.25) is 0 Å². The van der Waals surface area contributed by atoms with Gasteiger partial charge >= 0.3 is 0 Å². The molecule has 4 aromatic heterocycles. The summed E-state index contributed by atoms with van der Waals surface area (Å²) in [5, 5.41) is 6.72. The number of rotatable bonds is 4. The monoisotopic (exact) mass is 663 g/mol. The molecule has 11 rings (SSSR count). The number of pyridine rings is 2. The van der Waals surface area contributed by atoms with E-state index in [0.29, 0.717) is 0 Å². The fourth-order valence-electron chi connectivity index (χ4n) is 7.86. The molecule has 7 aromatic carbocycles. The second-order valence-corrected chi connectivity index (χ2v) is 13.4. The summed E-state index contributed by atoms with van der Waals surface area (Å²) in [4.78, 5) is 10.3. The fourth-order valence-corrected chi connectivity index (χ4v) is 7.86. The van der Waals surface area contributed by atoms with Crippen molar-refractivity contribution >= 4 is 65.6 Å². The lowest BCUT2D eigenvalue weighted by Gasteiger charge is -2.09.